The van der Waals surface area contributed by atoms with Crippen LogP contribution in [0.2, 0.25) is 0 Å². The summed E-state index contributed by atoms with van der Waals surface area (Å²) in [6, 6.07) is 9.85. The van der Waals surface area contributed by atoms with E-state index in [2.05, 4.69) is 0 Å². The molecule has 9 heteroatoms. The van der Waals surface area contributed by atoms with E-state index in [0.29, 0.717) is 25.3 Å². The topological polar surface area (TPSA) is 82.1 Å². The average molecular weight is 437 g/mol. The van der Waals surface area contributed by atoms with Gasteiger partial charge in [0.25, 0.3) is 0 Å². The summed E-state index contributed by atoms with van der Waals surface area (Å²) in [4.78, 5) is 12.3. The predicted octanol–water partition coefficient (Wildman–Crippen LogP) is 3.24. The first-order valence-electron chi connectivity index (χ1n) is 9.65. The van der Waals surface area contributed by atoms with Crippen LogP contribution in [0, 0.1) is 5.82 Å². The van der Waals surface area contributed by atoms with E-state index in [9.17, 15) is 17.6 Å². The number of benzene rings is 2. The number of hydrogen-bond acceptors (Lipinski definition) is 6. The Morgan fingerprint density at radius 1 is 1.07 bits per heavy atom. The van der Waals surface area contributed by atoms with Crippen molar-refractivity contribution in [3.8, 4) is 11.5 Å². The van der Waals surface area contributed by atoms with Crippen LogP contribution < -0.4 is 9.47 Å². The van der Waals surface area contributed by atoms with Crippen LogP contribution >= 0.6 is 0 Å². The number of carbonyl (C=O) groups excluding carboxylic acids is 1. The van der Waals surface area contributed by atoms with Gasteiger partial charge in [-0.15, -0.1) is 0 Å². The van der Waals surface area contributed by atoms with Crippen LogP contribution in [0.5, 0.6) is 11.5 Å². The molecular formula is C21H24FNO6S. The van der Waals surface area contributed by atoms with Crippen LogP contribution in [0.3, 0.4) is 0 Å². The molecule has 0 amide bonds. The number of hydrogen-bond donors (Lipinski definition) is 0. The smallest absolute Gasteiger partial charge is 0.338 e. The monoisotopic (exact) mass is 437 g/mol. The van der Waals surface area contributed by atoms with E-state index < -0.39 is 16.0 Å². The van der Waals surface area contributed by atoms with Gasteiger partial charge in [-0.3, -0.25) is 0 Å². The Balaban J connectivity index is 1.58. The first kappa shape index (κ1) is 22.0. The Kier molecular flexibility index (Phi) is 7.28. The number of carbonyl (C=O) groups is 1. The van der Waals surface area contributed by atoms with Gasteiger partial charge in [0.2, 0.25) is 10.0 Å². The number of esters is 1. The van der Waals surface area contributed by atoms with Gasteiger partial charge < -0.3 is 14.2 Å². The standard InChI is InChI=1S/C21H24FNO6S/c1-27-19-10-5-16(15-20(19)30(25,26)23-11-2-3-12-23)21(24)29-14-4-13-28-18-8-6-17(22)7-9-18/h5-10,15H,2-4,11-14H2,1H3. The molecule has 0 spiro atoms. The van der Waals surface area contributed by atoms with Crippen LogP contribution in [-0.2, 0) is 14.8 Å². The largest absolute Gasteiger partial charge is 0.495 e. The van der Waals surface area contributed by atoms with Crippen molar-refractivity contribution in [3.63, 3.8) is 0 Å². The van der Waals surface area contributed by atoms with E-state index in [0.717, 1.165) is 12.8 Å². The van der Waals surface area contributed by atoms with Crippen LogP contribution in [0.15, 0.2) is 47.4 Å². The molecule has 3 rings (SSSR count). The van der Waals surface area contributed by atoms with Crippen LogP contribution in [-0.4, -0.2) is 52.1 Å². The summed E-state index contributed by atoms with van der Waals surface area (Å²) in [5.41, 5.74) is 0.132. The number of ether oxygens (including phenoxy) is 3. The lowest BCUT2D eigenvalue weighted by Crippen LogP contribution is -2.28. The Hall–Kier alpha value is -2.65. The molecule has 1 aliphatic heterocycles. The highest BCUT2D eigenvalue weighted by Crippen LogP contribution is 2.30. The molecule has 0 saturated carbocycles. The Morgan fingerprint density at radius 2 is 1.77 bits per heavy atom. The summed E-state index contributed by atoms with van der Waals surface area (Å²) < 4.78 is 55.9. The molecule has 0 N–H and O–H groups in total. The van der Waals surface area contributed by atoms with Crippen molar-refractivity contribution >= 4 is 16.0 Å². The van der Waals surface area contributed by atoms with Crippen molar-refractivity contribution in [1.82, 2.24) is 4.31 Å². The normalized spacial score (nSPS) is 14.5. The molecule has 162 valence electrons. The minimum absolute atomic E-state index is 0.0407. The van der Waals surface area contributed by atoms with Gasteiger partial charge in [-0.25, -0.2) is 17.6 Å². The lowest BCUT2D eigenvalue weighted by atomic mass is 10.2. The average Bonchev–Trinajstić information content (AvgIpc) is 3.30. The summed E-state index contributed by atoms with van der Waals surface area (Å²) in [6.45, 7) is 1.29. The SMILES string of the molecule is COc1ccc(C(=O)OCCCOc2ccc(F)cc2)cc1S(=O)(=O)N1CCCC1. The molecule has 2 aromatic rings. The number of nitrogens with zero attached hydrogens (tertiary/aromatic N) is 1. The zero-order chi connectivity index (χ0) is 21.6. The van der Waals surface area contributed by atoms with E-state index in [1.807, 2.05) is 0 Å². The highest BCUT2D eigenvalue weighted by molar-refractivity contribution is 7.89. The Morgan fingerprint density at radius 3 is 2.43 bits per heavy atom. The fourth-order valence-corrected chi connectivity index (χ4v) is 4.80. The molecular weight excluding hydrogens is 413 g/mol. The van der Waals surface area contributed by atoms with Crippen LogP contribution in [0.1, 0.15) is 29.6 Å². The highest BCUT2D eigenvalue weighted by atomic mass is 32.2. The van der Waals surface area contributed by atoms with E-state index >= 15 is 0 Å². The first-order valence-corrected chi connectivity index (χ1v) is 11.1. The van der Waals surface area contributed by atoms with Crippen LogP contribution in [0.4, 0.5) is 4.39 Å². The van der Waals surface area contributed by atoms with E-state index in [1.54, 1.807) is 0 Å². The second-order valence-corrected chi connectivity index (χ2v) is 8.68. The van der Waals surface area contributed by atoms with Gasteiger partial charge in [0.1, 0.15) is 22.2 Å². The molecule has 1 fully saturated rings. The van der Waals surface area contributed by atoms with Crippen molar-refractivity contribution in [2.45, 2.75) is 24.2 Å². The quantitative estimate of drug-likeness (QED) is 0.443. The van der Waals surface area contributed by atoms with E-state index in [-0.39, 0.29) is 35.2 Å². The highest BCUT2D eigenvalue weighted by Gasteiger charge is 2.30. The summed E-state index contributed by atoms with van der Waals surface area (Å²) in [5, 5.41) is 0. The van der Waals surface area contributed by atoms with Crippen molar-refractivity contribution < 1.29 is 31.8 Å². The second-order valence-electron chi connectivity index (χ2n) is 6.77. The minimum Gasteiger partial charge on any atom is -0.495 e. The second kappa shape index (κ2) is 9.90. The van der Waals surface area contributed by atoms with Gasteiger partial charge >= 0.3 is 5.97 Å². The molecule has 1 saturated heterocycles. The molecule has 0 atom stereocenters. The fraction of sp³-hybridized carbons (Fsp3) is 0.381. The van der Waals surface area contributed by atoms with Gasteiger partial charge in [-0.05, 0) is 55.3 Å². The molecule has 0 aliphatic carbocycles. The Bertz CT molecular complexity index is 971. The number of sulfonamides is 1. The van der Waals surface area contributed by atoms with E-state index in [1.165, 1.54) is 53.9 Å². The number of methoxy groups -OCH3 is 1. The molecule has 0 aromatic heterocycles. The lowest BCUT2D eigenvalue weighted by molar-refractivity contribution is 0.0485. The first-order chi connectivity index (χ1) is 14.4. The summed E-state index contributed by atoms with van der Waals surface area (Å²) in [5.74, 6) is -0.264. The molecule has 0 unspecified atom stereocenters. The predicted molar refractivity (Wildman–Crippen MR) is 108 cm³/mol. The number of halogens is 1. The Labute approximate surface area is 175 Å². The maximum atomic E-state index is 12.9. The zero-order valence-corrected chi connectivity index (χ0v) is 17.5. The third-order valence-corrected chi connectivity index (χ3v) is 6.61. The minimum atomic E-state index is -3.75. The van der Waals surface area contributed by atoms with E-state index in [4.69, 9.17) is 14.2 Å². The van der Waals surface area contributed by atoms with Gasteiger partial charge in [-0.1, -0.05) is 0 Å². The molecule has 7 nitrogen and oxygen atoms in total. The van der Waals surface area contributed by atoms with Crippen molar-refractivity contribution in [2.24, 2.45) is 0 Å². The third kappa shape index (κ3) is 5.28. The molecule has 1 aliphatic rings. The third-order valence-electron chi connectivity index (χ3n) is 4.69. The van der Waals surface area contributed by atoms with Crippen LogP contribution in [0.25, 0.3) is 0 Å². The van der Waals surface area contributed by atoms with Gasteiger partial charge in [0, 0.05) is 19.5 Å². The molecule has 0 bridgehead atoms. The van der Waals surface area contributed by atoms with Gasteiger partial charge in [-0.2, -0.15) is 4.31 Å². The van der Waals surface area contributed by atoms with Crippen molar-refractivity contribution in [1.29, 1.82) is 0 Å². The maximum absolute atomic E-state index is 12.9. The number of rotatable bonds is 9. The summed E-state index contributed by atoms with van der Waals surface area (Å²) in [6.07, 6.45) is 2.05. The lowest BCUT2D eigenvalue weighted by Gasteiger charge is -2.18. The zero-order valence-electron chi connectivity index (χ0n) is 16.7. The van der Waals surface area contributed by atoms with Crippen molar-refractivity contribution in [2.75, 3.05) is 33.4 Å². The molecule has 1 heterocycles. The summed E-state index contributed by atoms with van der Waals surface area (Å²) >= 11 is 0. The maximum Gasteiger partial charge on any atom is 0.338 e. The molecule has 30 heavy (non-hydrogen) atoms. The molecule has 2 aromatic carbocycles. The molecule has 0 radical (unpaired) electrons. The van der Waals surface area contributed by atoms with Gasteiger partial charge in [0.15, 0.2) is 0 Å². The fourth-order valence-electron chi connectivity index (χ4n) is 3.10. The summed E-state index contributed by atoms with van der Waals surface area (Å²) in [7, 11) is -2.36. The van der Waals surface area contributed by atoms with Gasteiger partial charge in [0.05, 0.1) is 25.9 Å². The van der Waals surface area contributed by atoms with Crippen molar-refractivity contribution in [3.05, 3.63) is 53.8 Å².